The van der Waals surface area contributed by atoms with E-state index in [1.807, 2.05) is 0 Å². The van der Waals surface area contributed by atoms with E-state index < -0.39 is 47.8 Å². The number of fused-ring (bicyclic) bond motifs is 1. The first-order chi connectivity index (χ1) is 12.9. The Morgan fingerprint density at radius 2 is 1.32 bits per heavy atom. The molecule has 0 unspecified atom stereocenters. The van der Waals surface area contributed by atoms with Crippen molar-refractivity contribution in [3.63, 3.8) is 0 Å². The van der Waals surface area contributed by atoms with E-state index >= 15 is 0 Å². The van der Waals surface area contributed by atoms with Gasteiger partial charge in [0.05, 0.1) is 6.61 Å². The molecule has 0 saturated carbocycles. The fourth-order valence-electron chi connectivity index (χ4n) is 4.52. The van der Waals surface area contributed by atoms with E-state index in [0.29, 0.717) is 0 Å². The van der Waals surface area contributed by atoms with Crippen LogP contribution in [0.1, 0.15) is 55.4 Å². The summed E-state index contributed by atoms with van der Waals surface area (Å²) < 4.78 is 31.6. The van der Waals surface area contributed by atoms with E-state index in [0.717, 1.165) is 0 Å². The molecular formula is C19H40O7Si2. The first-order valence-corrected chi connectivity index (χ1v) is 14.4. The summed E-state index contributed by atoms with van der Waals surface area (Å²) >= 11 is 0. The Kier molecular flexibility index (Phi) is 7.95. The summed E-state index contributed by atoms with van der Waals surface area (Å²) in [4.78, 5) is 0. The Balaban J connectivity index is 2.55. The minimum absolute atomic E-state index is 0.142. The lowest BCUT2D eigenvalue weighted by atomic mass is 9.99. The van der Waals surface area contributed by atoms with Crippen LogP contribution in [0.5, 0.6) is 0 Å². The van der Waals surface area contributed by atoms with Crippen molar-refractivity contribution in [1.82, 2.24) is 0 Å². The van der Waals surface area contributed by atoms with E-state index in [1.54, 1.807) is 0 Å². The van der Waals surface area contributed by atoms with Crippen LogP contribution < -0.4 is 0 Å². The van der Waals surface area contributed by atoms with Gasteiger partial charge in [-0.05, 0) is 22.2 Å². The van der Waals surface area contributed by atoms with Crippen molar-refractivity contribution in [3.05, 3.63) is 0 Å². The van der Waals surface area contributed by atoms with Gasteiger partial charge in [0.25, 0.3) is 0 Å². The van der Waals surface area contributed by atoms with Gasteiger partial charge in [0.1, 0.15) is 24.4 Å². The van der Waals surface area contributed by atoms with Crippen LogP contribution in [0.4, 0.5) is 0 Å². The summed E-state index contributed by atoms with van der Waals surface area (Å²) in [6, 6.07) is 0. The Morgan fingerprint density at radius 3 is 1.75 bits per heavy atom. The average molecular weight is 437 g/mol. The van der Waals surface area contributed by atoms with Gasteiger partial charge in [-0.2, -0.15) is 0 Å². The second-order valence-electron chi connectivity index (χ2n) is 9.32. The molecule has 9 heteroatoms. The zero-order valence-corrected chi connectivity index (χ0v) is 20.8. The van der Waals surface area contributed by atoms with Crippen LogP contribution >= 0.6 is 0 Å². The zero-order chi connectivity index (χ0) is 21.4. The Bertz CT molecular complexity index is 499. The molecular weight excluding hydrogens is 396 g/mol. The molecule has 0 radical (unpaired) electrons. The number of methoxy groups -OCH3 is 1. The van der Waals surface area contributed by atoms with Crippen LogP contribution in [0.25, 0.3) is 0 Å². The van der Waals surface area contributed by atoms with Gasteiger partial charge in [-0.1, -0.05) is 55.4 Å². The minimum Gasteiger partial charge on any atom is -0.414 e. The van der Waals surface area contributed by atoms with E-state index in [4.69, 9.17) is 22.4 Å². The molecule has 2 heterocycles. The number of aliphatic hydroxyl groups is 2. The van der Waals surface area contributed by atoms with Crippen molar-refractivity contribution >= 4 is 17.1 Å². The van der Waals surface area contributed by atoms with Gasteiger partial charge in [0.2, 0.25) is 0 Å². The van der Waals surface area contributed by atoms with E-state index in [2.05, 4.69) is 55.4 Å². The van der Waals surface area contributed by atoms with Gasteiger partial charge < -0.3 is 32.7 Å². The molecule has 0 amide bonds. The maximum atomic E-state index is 10.8. The molecule has 166 valence electrons. The molecule has 2 N–H and O–H groups in total. The van der Waals surface area contributed by atoms with E-state index in [1.165, 1.54) is 7.11 Å². The predicted molar refractivity (Wildman–Crippen MR) is 111 cm³/mol. The monoisotopic (exact) mass is 436 g/mol. The second-order valence-corrected chi connectivity index (χ2v) is 18.2. The molecule has 2 fully saturated rings. The maximum Gasteiger partial charge on any atom is 0.335 e. The number of rotatable bonds is 5. The molecule has 2 rings (SSSR count). The van der Waals surface area contributed by atoms with Crippen LogP contribution in [-0.2, 0) is 22.4 Å². The SMILES string of the molecule is CO[C@H]1O[C@@H]2CO[Si](C(C)C)(C(C)C)O[Si](C(C)C)(C(C)C)O[C@@H]2[C@H](O)[C@H]1O. The topological polar surface area (TPSA) is 86.6 Å². The summed E-state index contributed by atoms with van der Waals surface area (Å²) in [5.74, 6) is 0. The first-order valence-electron chi connectivity index (χ1n) is 10.5. The van der Waals surface area contributed by atoms with Crippen LogP contribution in [0.3, 0.4) is 0 Å². The standard InChI is InChI=1S/C19H40O7Si2/c1-11(2)27(12(3)4)23-10-15-18(16(20)17(21)19(22-9)24-15)25-28(26-27,13(5)6)14(7)8/h11-21H,10H2,1-9H3/t15-,16-,17-,18+,19+/m1/s1. The molecule has 0 bridgehead atoms. The van der Waals surface area contributed by atoms with Crippen LogP contribution in [0, 0.1) is 0 Å². The van der Waals surface area contributed by atoms with Gasteiger partial charge >= 0.3 is 17.1 Å². The number of hydrogen-bond donors (Lipinski definition) is 2. The van der Waals surface area contributed by atoms with Crippen molar-refractivity contribution in [2.24, 2.45) is 0 Å². The van der Waals surface area contributed by atoms with Gasteiger partial charge in [-0.25, -0.2) is 0 Å². The van der Waals surface area contributed by atoms with E-state index in [9.17, 15) is 10.2 Å². The fourth-order valence-corrected chi connectivity index (χ4v) is 15.7. The van der Waals surface area contributed by atoms with Crippen molar-refractivity contribution < 1.29 is 32.7 Å². The van der Waals surface area contributed by atoms with Crippen LogP contribution in [0.15, 0.2) is 0 Å². The Labute approximate surface area is 172 Å². The van der Waals surface area contributed by atoms with Crippen molar-refractivity contribution in [1.29, 1.82) is 0 Å². The summed E-state index contributed by atoms with van der Waals surface area (Å²) in [6.45, 7) is 17.3. The van der Waals surface area contributed by atoms with Crippen LogP contribution in [-0.4, -0.2) is 71.8 Å². The lowest BCUT2D eigenvalue weighted by molar-refractivity contribution is -0.294. The molecule has 0 spiro atoms. The fraction of sp³-hybridized carbons (Fsp3) is 1.00. The highest BCUT2D eigenvalue weighted by Gasteiger charge is 2.61. The Hall–Kier alpha value is 0.154. The molecule has 2 saturated heterocycles. The highest BCUT2D eigenvalue weighted by atomic mass is 28.5. The largest absolute Gasteiger partial charge is 0.414 e. The Morgan fingerprint density at radius 1 is 0.821 bits per heavy atom. The predicted octanol–water partition coefficient (Wildman–Crippen LogP) is 3.04. The van der Waals surface area contributed by atoms with Gasteiger partial charge in [0.15, 0.2) is 6.29 Å². The molecule has 5 atom stereocenters. The zero-order valence-electron chi connectivity index (χ0n) is 18.8. The third-order valence-corrected chi connectivity index (χ3v) is 16.5. The second kappa shape index (κ2) is 9.11. The van der Waals surface area contributed by atoms with Gasteiger partial charge in [-0.3, -0.25) is 0 Å². The summed E-state index contributed by atoms with van der Waals surface area (Å²) in [5.41, 5.74) is 0.746. The molecule has 0 aromatic heterocycles. The van der Waals surface area contributed by atoms with Crippen molar-refractivity contribution in [2.45, 2.75) is 108 Å². The third kappa shape index (κ3) is 4.15. The lowest BCUT2D eigenvalue weighted by Crippen LogP contribution is -2.70. The molecule has 0 aliphatic carbocycles. The quantitative estimate of drug-likeness (QED) is 0.641. The summed E-state index contributed by atoms with van der Waals surface area (Å²) in [6.07, 6.45) is -4.47. The smallest absolute Gasteiger partial charge is 0.335 e. The molecule has 7 nitrogen and oxygen atoms in total. The number of ether oxygens (including phenoxy) is 2. The van der Waals surface area contributed by atoms with E-state index in [-0.39, 0.29) is 28.8 Å². The average Bonchev–Trinajstić information content (AvgIpc) is 2.58. The third-order valence-electron chi connectivity index (χ3n) is 6.20. The number of aliphatic hydroxyl groups excluding tert-OH is 2. The van der Waals surface area contributed by atoms with Crippen molar-refractivity contribution in [3.8, 4) is 0 Å². The van der Waals surface area contributed by atoms with Gasteiger partial charge in [-0.15, -0.1) is 0 Å². The first kappa shape index (κ1) is 24.4. The highest BCUT2D eigenvalue weighted by Crippen LogP contribution is 2.47. The van der Waals surface area contributed by atoms with Gasteiger partial charge in [0, 0.05) is 7.11 Å². The summed E-state index contributed by atoms with van der Waals surface area (Å²) in [7, 11) is -4.05. The molecule has 28 heavy (non-hydrogen) atoms. The minimum atomic E-state index is -2.85. The normalized spacial score (nSPS) is 35.9. The molecule has 2 aliphatic rings. The van der Waals surface area contributed by atoms with Crippen LogP contribution in [0.2, 0.25) is 22.2 Å². The van der Waals surface area contributed by atoms with Crippen molar-refractivity contribution in [2.75, 3.05) is 13.7 Å². The highest BCUT2D eigenvalue weighted by molar-refractivity contribution is 6.83. The number of hydrogen-bond acceptors (Lipinski definition) is 7. The maximum absolute atomic E-state index is 10.8. The lowest BCUT2D eigenvalue weighted by Gasteiger charge is -2.54. The molecule has 0 aromatic carbocycles. The molecule has 0 aromatic rings. The molecule has 2 aliphatic heterocycles. The summed E-state index contributed by atoms with van der Waals surface area (Å²) in [5, 5.41) is 21.3.